The number of alkyl halides is 1. The lowest BCUT2D eigenvalue weighted by Crippen LogP contribution is -2.59. The van der Waals surface area contributed by atoms with Crippen LogP contribution in [0, 0.1) is 46.8 Å². The molecule has 0 radical (unpaired) electrons. The summed E-state index contributed by atoms with van der Waals surface area (Å²) in [6.07, 6.45) is 8.17. The Labute approximate surface area is 150 Å². The molecule has 0 aromatic carbocycles. The predicted molar refractivity (Wildman–Crippen MR) is 93.2 cm³/mol. The van der Waals surface area contributed by atoms with Crippen LogP contribution in [0.15, 0.2) is 0 Å². The minimum absolute atomic E-state index is 0.0697. The molecule has 140 valence electrons. The number of halogens is 1. The fourth-order valence-corrected chi connectivity index (χ4v) is 7.55. The molecule has 4 saturated carbocycles. The number of aliphatic hydroxyl groups is 3. The normalized spacial score (nSPS) is 60.9. The third kappa shape index (κ3) is 2.04. The van der Waals surface area contributed by atoms with Crippen molar-refractivity contribution < 1.29 is 19.7 Å². The molecule has 4 aliphatic rings. The molecule has 0 spiro atoms. The van der Waals surface area contributed by atoms with Crippen molar-refractivity contribution >= 4 is 0 Å². The lowest BCUT2D eigenvalue weighted by atomic mass is 9.44. The molecule has 4 rings (SSSR count). The number of aliphatic hydroxyl groups excluding tert-OH is 2. The van der Waals surface area contributed by atoms with Crippen LogP contribution in [-0.2, 0) is 0 Å². The van der Waals surface area contributed by atoms with Gasteiger partial charge >= 0.3 is 0 Å². The van der Waals surface area contributed by atoms with Crippen molar-refractivity contribution in [1.29, 1.82) is 0 Å². The van der Waals surface area contributed by atoms with E-state index in [1.54, 1.807) is 0 Å². The van der Waals surface area contributed by atoms with Crippen molar-refractivity contribution in [3.63, 3.8) is 0 Å². The second kappa shape index (κ2) is 5.44. The topological polar surface area (TPSA) is 60.7 Å². The maximum absolute atomic E-state index is 14.7. The van der Waals surface area contributed by atoms with Gasteiger partial charge in [0.2, 0.25) is 0 Å². The molecule has 4 aliphatic carbocycles. The van der Waals surface area contributed by atoms with Gasteiger partial charge in [-0.2, -0.15) is 0 Å². The zero-order valence-corrected chi connectivity index (χ0v) is 15.3. The van der Waals surface area contributed by atoms with E-state index in [-0.39, 0.29) is 17.3 Å². The molecule has 0 amide bonds. The van der Waals surface area contributed by atoms with Crippen LogP contribution in [-0.4, -0.2) is 39.3 Å². The Balaban J connectivity index is 1.68. The maximum Gasteiger partial charge on any atom is 0.156 e. The van der Waals surface area contributed by atoms with Gasteiger partial charge in [0.25, 0.3) is 0 Å². The smallest absolute Gasteiger partial charge is 0.156 e. The number of terminal acetylenes is 1. The SMILES string of the molecule is C#CC1(O)C(O)C[C@H]2[C@@H]3CCC4C(F)C(O)CC[C@]4(C)[C@@H]3CC[C@@]21C. The highest BCUT2D eigenvalue weighted by Gasteiger charge is 2.68. The summed E-state index contributed by atoms with van der Waals surface area (Å²) in [6, 6.07) is 0. The van der Waals surface area contributed by atoms with Crippen molar-refractivity contribution in [2.75, 3.05) is 0 Å². The Morgan fingerprint density at radius 1 is 1.00 bits per heavy atom. The molecule has 0 heterocycles. The first-order chi connectivity index (χ1) is 11.7. The van der Waals surface area contributed by atoms with Crippen LogP contribution < -0.4 is 0 Å². The molecular formula is C21H31FO3. The van der Waals surface area contributed by atoms with E-state index in [0.717, 1.165) is 32.1 Å². The highest BCUT2D eigenvalue weighted by Crippen LogP contribution is 2.68. The van der Waals surface area contributed by atoms with E-state index in [0.29, 0.717) is 24.7 Å². The summed E-state index contributed by atoms with van der Waals surface area (Å²) in [6.45, 7) is 4.26. The molecule has 0 aromatic rings. The second-order valence-electron chi connectivity index (χ2n) is 9.74. The number of hydrogen-bond donors (Lipinski definition) is 3. The number of hydrogen-bond acceptors (Lipinski definition) is 3. The van der Waals surface area contributed by atoms with Crippen molar-refractivity contribution in [1.82, 2.24) is 0 Å². The molecule has 3 N–H and O–H groups in total. The first-order valence-corrected chi connectivity index (χ1v) is 9.89. The van der Waals surface area contributed by atoms with Crippen LogP contribution in [0.4, 0.5) is 4.39 Å². The van der Waals surface area contributed by atoms with Crippen LogP contribution >= 0.6 is 0 Å². The van der Waals surface area contributed by atoms with Gasteiger partial charge < -0.3 is 15.3 Å². The fourth-order valence-electron chi connectivity index (χ4n) is 7.55. The zero-order chi connectivity index (χ0) is 18.2. The lowest BCUT2D eigenvalue weighted by molar-refractivity contribution is -0.169. The van der Waals surface area contributed by atoms with E-state index >= 15 is 0 Å². The third-order valence-electron chi connectivity index (χ3n) is 9.11. The average molecular weight is 350 g/mol. The summed E-state index contributed by atoms with van der Waals surface area (Å²) >= 11 is 0. The van der Waals surface area contributed by atoms with Gasteiger partial charge in [0.05, 0.1) is 12.2 Å². The molecule has 4 heteroatoms. The van der Waals surface area contributed by atoms with Gasteiger partial charge in [0.15, 0.2) is 5.60 Å². The second-order valence-corrected chi connectivity index (χ2v) is 9.74. The molecule has 5 unspecified atom stereocenters. The summed E-state index contributed by atoms with van der Waals surface area (Å²) in [5, 5.41) is 31.5. The van der Waals surface area contributed by atoms with Gasteiger partial charge in [-0.05, 0) is 74.0 Å². The third-order valence-corrected chi connectivity index (χ3v) is 9.11. The summed E-state index contributed by atoms with van der Waals surface area (Å²) in [4.78, 5) is 0. The summed E-state index contributed by atoms with van der Waals surface area (Å²) in [5.74, 6) is 3.40. The quantitative estimate of drug-likeness (QED) is 0.589. The van der Waals surface area contributed by atoms with Crippen LogP contribution in [0.25, 0.3) is 0 Å². The van der Waals surface area contributed by atoms with Gasteiger partial charge in [-0.25, -0.2) is 4.39 Å². The molecule has 0 aliphatic heterocycles. The molecule has 3 nitrogen and oxygen atoms in total. The minimum atomic E-state index is -1.45. The molecule has 0 bridgehead atoms. The standard InChI is InChI=1S/C21H31FO3/c1-4-21(25)17(24)11-15-12-5-6-14-18(22)16(23)8-9-19(14,2)13(12)7-10-20(15,21)3/h1,12-18,23-25H,5-11H2,2-3H3/t12-,13-,14?,15+,16?,17?,18?,19-,20+,21?/m1/s1. The molecule has 25 heavy (non-hydrogen) atoms. The lowest BCUT2D eigenvalue weighted by Gasteiger charge is -2.61. The number of fused-ring (bicyclic) bond motifs is 5. The molecule has 10 atom stereocenters. The van der Waals surface area contributed by atoms with Crippen LogP contribution in [0.5, 0.6) is 0 Å². The number of rotatable bonds is 0. The Morgan fingerprint density at radius 3 is 2.40 bits per heavy atom. The van der Waals surface area contributed by atoms with Gasteiger partial charge in [-0.15, -0.1) is 6.42 Å². The molecule has 0 saturated heterocycles. The van der Waals surface area contributed by atoms with Gasteiger partial charge in [-0.1, -0.05) is 19.8 Å². The Bertz CT molecular complexity index is 602. The maximum atomic E-state index is 14.7. The fraction of sp³-hybridized carbons (Fsp3) is 0.905. The summed E-state index contributed by atoms with van der Waals surface area (Å²) in [7, 11) is 0. The predicted octanol–water partition coefficient (Wildman–Crippen LogP) is 2.67. The van der Waals surface area contributed by atoms with Gasteiger partial charge in [0, 0.05) is 5.41 Å². The van der Waals surface area contributed by atoms with Crippen LogP contribution in [0.2, 0.25) is 0 Å². The van der Waals surface area contributed by atoms with Crippen LogP contribution in [0.1, 0.15) is 58.8 Å². The first kappa shape index (κ1) is 17.8. The highest BCUT2D eigenvalue weighted by molar-refractivity contribution is 5.27. The highest BCUT2D eigenvalue weighted by atomic mass is 19.1. The Kier molecular flexibility index (Phi) is 3.87. The van der Waals surface area contributed by atoms with E-state index in [4.69, 9.17) is 6.42 Å². The molecule has 0 aromatic heterocycles. The van der Waals surface area contributed by atoms with E-state index < -0.39 is 29.4 Å². The van der Waals surface area contributed by atoms with Crippen molar-refractivity contribution in [2.24, 2.45) is 34.5 Å². The average Bonchev–Trinajstić information content (AvgIpc) is 2.79. The molecular weight excluding hydrogens is 319 g/mol. The summed E-state index contributed by atoms with van der Waals surface area (Å²) < 4.78 is 14.7. The van der Waals surface area contributed by atoms with Crippen molar-refractivity contribution in [3.05, 3.63) is 0 Å². The van der Waals surface area contributed by atoms with Crippen molar-refractivity contribution in [2.45, 2.75) is 82.8 Å². The minimum Gasteiger partial charge on any atom is -0.390 e. The Hall–Kier alpha value is -0.630. The van der Waals surface area contributed by atoms with E-state index in [1.165, 1.54) is 0 Å². The molecule has 4 fully saturated rings. The van der Waals surface area contributed by atoms with E-state index in [1.807, 2.05) is 6.92 Å². The monoisotopic (exact) mass is 350 g/mol. The van der Waals surface area contributed by atoms with Crippen molar-refractivity contribution in [3.8, 4) is 12.3 Å². The van der Waals surface area contributed by atoms with Gasteiger partial charge in [0.1, 0.15) is 6.17 Å². The van der Waals surface area contributed by atoms with Gasteiger partial charge in [-0.3, -0.25) is 0 Å². The summed E-state index contributed by atoms with van der Waals surface area (Å²) in [5.41, 5.74) is -2.01. The Morgan fingerprint density at radius 2 is 1.72 bits per heavy atom. The van der Waals surface area contributed by atoms with Crippen LogP contribution in [0.3, 0.4) is 0 Å². The first-order valence-electron chi connectivity index (χ1n) is 9.89. The van der Waals surface area contributed by atoms with E-state index in [9.17, 15) is 19.7 Å². The largest absolute Gasteiger partial charge is 0.390 e. The van der Waals surface area contributed by atoms with E-state index in [2.05, 4.69) is 12.8 Å². The zero-order valence-electron chi connectivity index (χ0n) is 15.3.